The molecule has 5 nitrogen and oxygen atoms in total. The van der Waals surface area contributed by atoms with E-state index in [1.807, 2.05) is 42.5 Å². The summed E-state index contributed by atoms with van der Waals surface area (Å²) in [5, 5.41) is 3.22. The van der Waals surface area contributed by atoms with Gasteiger partial charge in [0.2, 0.25) is 0 Å². The van der Waals surface area contributed by atoms with Crippen LogP contribution in [0.15, 0.2) is 66.7 Å². The zero-order chi connectivity index (χ0) is 19.9. The van der Waals surface area contributed by atoms with Crippen LogP contribution in [-0.2, 0) is 6.61 Å². The van der Waals surface area contributed by atoms with Crippen LogP contribution < -0.4 is 19.5 Å². The van der Waals surface area contributed by atoms with Gasteiger partial charge in [-0.05, 0) is 24.3 Å². The third-order valence-electron chi connectivity index (χ3n) is 4.12. The Kier molecular flexibility index (Phi) is 6.40. The lowest BCUT2D eigenvalue weighted by Gasteiger charge is -2.15. The van der Waals surface area contributed by atoms with Gasteiger partial charge in [0.05, 0.1) is 24.9 Å². The fourth-order valence-corrected chi connectivity index (χ4v) is 2.93. The van der Waals surface area contributed by atoms with Gasteiger partial charge in [0, 0.05) is 17.2 Å². The van der Waals surface area contributed by atoms with Gasteiger partial charge in [-0.1, -0.05) is 48.0 Å². The number of benzene rings is 3. The van der Waals surface area contributed by atoms with Gasteiger partial charge in [-0.3, -0.25) is 4.79 Å². The van der Waals surface area contributed by atoms with Crippen molar-refractivity contribution < 1.29 is 19.0 Å². The number of hydrogen-bond donors (Lipinski definition) is 1. The summed E-state index contributed by atoms with van der Waals surface area (Å²) in [6.45, 7) is 0.272. The topological polar surface area (TPSA) is 56.8 Å². The molecule has 0 radical (unpaired) electrons. The molecule has 0 unspecified atom stereocenters. The van der Waals surface area contributed by atoms with Crippen LogP contribution in [0.1, 0.15) is 15.9 Å². The van der Waals surface area contributed by atoms with E-state index in [0.29, 0.717) is 27.8 Å². The summed E-state index contributed by atoms with van der Waals surface area (Å²) in [7, 11) is 3.03. The van der Waals surface area contributed by atoms with Crippen molar-refractivity contribution in [3.63, 3.8) is 0 Å². The van der Waals surface area contributed by atoms with Gasteiger partial charge in [0.25, 0.3) is 5.91 Å². The lowest BCUT2D eigenvalue weighted by molar-refractivity contribution is 0.102. The molecular formula is C22H20ClNO4. The number of amides is 1. The number of hydrogen-bond acceptors (Lipinski definition) is 4. The van der Waals surface area contributed by atoms with Crippen molar-refractivity contribution in [3.05, 3.63) is 82.9 Å². The van der Waals surface area contributed by atoms with Gasteiger partial charge in [-0.25, -0.2) is 0 Å². The van der Waals surface area contributed by atoms with Crippen molar-refractivity contribution >= 4 is 23.2 Å². The molecule has 0 heterocycles. The molecule has 28 heavy (non-hydrogen) atoms. The van der Waals surface area contributed by atoms with Gasteiger partial charge in [-0.15, -0.1) is 0 Å². The van der Waals surface area contributed by atoms with E-state index in [2.05, 4.69) is 5.32 Å². The van der Waals surface area contributed by atoms with Gasteiger partial charge >= 0.3 is 0 Å². The van der Waals surface area contributed by atoms with Gasteiger partial charge in [-0.2, -0.15) is 0 Å². The van der Waals surface area contributed by atoms with E-state index in [9.17, 15) is 4.79 Å². The summed E-state index contributed by atoms with van der Waals surface area (Å²) in [6, 6.07) is 19.9. The predicted molar refractivity (Wildman–Crippen MR) is 110 cm³/mol. The van der Waals surface area contributed by atoms with E-state index in [-0.39, 0.29) is 12.5 Å². The Morgan fingerprint density at radius 3 is 2.32 bits per heavy atom. The summed E-state index contributed by atoms with van der Waals surface area (Å²) < 4.78 is 16.3. The number of para-hydroxylation sites is 1. The number of carbonyl (C=O) groups excluding carboxylic acids is 1. The normalized spacial score (nSPS) is 10.2. The first-order chi connectivity index (χ1) is 13.6. The molecule has 0 saturated heterocycles. The zero-order valence-corrected chi connectivity index (χ0v) is 16.3. The molecule has 0 spiro atoms. The summed E-state index contributed by atoms with van der Waals surface area (Å²) >= 11 is 6.18. The van der Waals surface area contributed by atoms with E-state index in [1.165, 1.54) is 14.2 Å². The first-order valence-corrected chi connectivity index (χ1v) is 8.98. The highest BCUT2D eigenvalue weighted by atomic mass is 35.5. The first kappa shape index (κ1) is 19.6. The summed E-state index contributed by atoms with van der Waals surface area (Å²) in [5.41, 5.74) is 1.73. The number of carbonyl (C=O) groups is 1. The number of methoxy groups -OCH3 is 2. The van der Waals surface area contributed by atoms with Crippen LogP contribution >= 0.6 is 11.6 Å². The molecule has 0 fully saturated rings. The molecule has 0 atom stereocenters. The van der Waals surface area contributed by atoms with Crippen LogP contribution in [0.25, 0.3) is 0 Å². The second-order valence-electron chi connectivity index (χ2n) is 5.90. The Hall–Kier alpha value is -3.18. The minimum absolute atomic E-state index is 0.272. The SMILES string of the molecule is COc1cc(OC)c(NC(=O)c2ccccc2COc2ccccc2)cc1Cl. The zero-order valence-electron chi connectivity index (χ0n) is 15.6. The third-order valence-corrected chi connectivity index (χ3v) is 4.42. The lowest BCUT2D eigenvalue weighted by atomic mass is 10.1. The maximum Gasteiger partial charge on any atom is 0.256 e. The Bertz CT molecular complexity index is 960. The second-order valence-corrected chi connectivity index (χ2v) is 6.31. The highest BCUT2D eigenvalue weighted by Crippen LogP contribution is 2.36. The van der Waals surface area contributed by atoms with E-state index < -0.39 is 0 Å². The Morgan fingerprint density at radius 1 is 0.929 bits per heavy atom. The largest absolute Gasteiger partial charge is 0.495 e. The molecule has 1 N–H and O–H groups in total. The van der Waals surface area contributed by atoms with Crippen molar-refractivity contribution in [1.29, 1.82) is 0 Å². The first-order valence-electron chi connectivity index (χ1n) is 8.61. The lowest BCUT2D eigenvalue weighted by Crippen LogP contribution is -2.16. The Balaban J connectivity index is 1.81. The number of anilines is 1. The molecule has 144 valence electrons. The maximum absolute atomic E-state index is 12.9. The van der Waals surface area contributed by atoms with Crippen LogP contribution in [0.5, 0.6) is 17.2 Å². The fourth-order valence-electron chi connectivity index (χ4n) is 2.69. The molecule has 6 heteroatoms. The quantitative estimate of drug-likeness (QED) is 0.596. The van der Waals surface area contributed by atoms with E-state index in [0.717, 1.165) is 11.3 Å². The molecule has 0 aliphatic heterocycles. The van der Waals surface area contributed by atoms with Crippen LogP contribution in [0.3, 0.4) is 0 Å². The standard InChI is InChI=1S/C22H20ClNO4/c1-26-20-13-21(27-2)19(12-18(20)23)24-22(25)17-11-7-6-8-15(17)14-28-16-9-4-3-5-10-16/h3-13H,14H2,1-2H3,(H,24,25). The number of rotatable bonds is 7. The molecule has 0 saturated carbocycles. The van der Waals surface area contributed by atoms with Crippen molar-refractivity contribution in [3.8, 4) is 17.2 Å². The van der Waals surface area contributed by atoms with Gasteiger partial charge in [0.15, 0.2) is 0 Å². The van der Waals surface area contributed by atoms with Crippen LogP contribution in [0.4, 0.5) is 5.69 Å². The minimum atomic E-state index is -0.285. The van der Waals surface area contributed by atoms with E-state index in [4.69, 9.17) is 25.8 Å². The van der Waals surface area contributed by atoms with E-state index >= 15 is 0 Å². The van der Waals surface area contributed by atoms with Crippen LogP contribution in [-0.4, -0.2) is 20.1 Å². The van der Waals surface area contributed by atoms with Gasteiger partial charge in [0.1, 0.15) is 23.9 Å². The molecule has 3 rings (SSSR count). The number of halogens is 1. The third kappa shape index (κ3) is 4.56. The Morgan fingerprint density at radius 2 is 1.61 bits per heavy atom. The van der Waals surface area contributed by atoms with Crippen molar-refractivity contribution in [2.45, 2.75) is 6.61 Å². The average molecular weight is 398 g/mol. The smallest absolute Gasteiger partial charge is 0.256 e. The maximum atomic E-state index is 12.9. The molecule has 3 aromatic carbocycles. The Labute approximate surface area is 168 Å². The van der Waals surface area contributed by atoms with Gasteiger partial charge < -0.3 is 19.5 Å². The summed E-state index contributed by atoms with van der Waals surface area (Å²) in [5.74, 6) is 1.37. The summed E-state index contributed by atoms with van der Waals surface area (Å²) in [4.78, 5) is 12.9. The molecule has 0 aromatic heterocycles. The average Bonchev–Trinajstić information content (AvgIpc) is 2.73. The highest BCUT2D eigenvalue weighted by molar-refractivity contribution is 6.32. The van der Waals surface area contributed by atoms with Crippen LogP contribution in [0.2, 0.25) is 5.02 Å². The second kappa shape index (κ2) is 9.15. The van der Waals surface area contributed by atoms with Crippen molar-refractivity contribution in [1.82, 2.24) is 0 Å². The molecule has 3 aromatic rings. The molecule has 0 aliphatic rings. The highest BCUT2D eigenvalue weighted by Gasteiger charge is 2.16. The van der Waals surface area contributed by atoms with Crippen molar-refractivity contribution in [2.75, 3.05) is 19.5 Å². The number of nitrogens with one attached hydrogen (secondary N) is 1. The summed E-state index contributed by atoms with van der Waals surface area (Å²) in [6.07, 6.45) is 0. The number of ether oxygens (including phenoxy) is 3. The molecule has 0 bridgehead atoms. The molecule has 1 amide bonds. The molecule has 0 aliphatic carbocycles. The van der Waals surface area contributed by atoms with Crippen LogP contribution in [0, 0.1) is 0 Å². The fraction of sp³-hybridized carbons (Fsp3) is 0.136. The van der Waals surface area contributed by atoms with E-state index in [1.54, 1.807) is 24.3 Å². The predicted octanol–water partition coefficient (Wildman–Crippen LogP) is 5.19. The minimum Gasteiger partial charge on any atom is -0.495 e. The monoisotopic (exact) mass is 397 g/mol. The van der Waals surface area contributed by atoms with Crippen molar-refractivity contribution in [2.24, 2.45) is 0 Å². The molecular weight excluding hydrogens is 378 g/mol.